The maximum absolute atomic E-state index is 5.29. The number of aryl methyl sites for hydroxylation is 1. The minimum absolute atomic E-state index is 0.681. The van der Waals surface area contributed by atoms with Crippen LogP contribution in [-0.4, -0.2) is 16.7 Å². The van der Waals surface area contributed by atoms with E-state index in [9.17, 15) is 0 Å². The first-order chi connectivity index (χ1) is 5.86. The van der Waals surface area contributed by atoms with Gasteiger partial charge in [-0.2, -0.15) is 0 Å². The lowest BCUT2D eigenvalue weighted by molar-refractivity contribution is 0.436. The minimum Gasteiger partial charge on any atom is -0.424 e. The highest BCUT2D eigenvalue weighted by molar-refractivity contribution is 4.80. The quantitative estimate of drug-likeness (QED) is 0.671. The standard InChI is InChI=1S/C8H15N3O/c1-3-5-9-6-8-11-10-7(4-2)12-8/h9H,3-6H2,1-2H3. The van der Waals surface area contributed by atoms with Crippen LogP contribution in [0, 0.1) is 0 Å². The molecule has 4 heteroatoms. The fraction of sp³-hybridized carbons (Fsp3) is 0.750. The van der Waals surface area contributed by atoms with Gasteiger partial charge in [0.15, 0.2) is 0 Å². The van der Waals surface area contributed by atoms with Crippen LogP contribution >= 0.6 is 0 Å². The highest BCUT2D eigenvalue weighted by Gasteiger charge is 2.01. The van der Waals surface area contributed by atoms with Crippen LogP contribution in [0.5, 0.6) is 0 Å². The number of nitrogens with zero attached hydrogens (tertiary/aromatic N) is 2. The van der Waals surface area contributed by atoms with Gasteiger partial charge >= 0.3 is 0 Å². The van der Waals surface area contributed by atoms with Gasteiger partial charge in [0.05, 0.1) is 6.54 Å². The largest absolute Gasteiger partial charge is 0.424 e. The molecule has 0 fully saturated rings. The Labute approximate surface area is 72.4 Å². The first kappa shape index (κ1) is 9.19. The fourth-order valence-electron chi connectivity index (χ4n) is 0.875. The van der Waals surface area contributed by atoms with Gasteiger partial charge in [-0.25, -0.2) is 0 Å². The molecule has 0 saturated carbocycles. The van der Waals surface area contributed by atoms with Gasteiger partial charge in [0.25, 0.3) is 0 Å². The van der Waals surface area contributed by atoms with Gasteiger partial charge in [0, 0.05) is 6.42 Å². The number of hydrogen-bond donors (Lipinski definition) is 1. The monoisotopic (exact) mass is 169 g/mol. The molecule has 0 spiro atoms. The van der Waals surface area contributed by atoms with Gasteiger partial charge in [-0.3, -0.25) is 0 Å². The van der Waals surface area contributed by atoms with Gasteiger partial charge in [0.2, 0.25) is 11.8 Å². The van der Waals surface area contributed by atoms with Gasteiger partial charge in [-0.1, -0.05) is 13.8 Å². The molecular weight excluding hydrogens is 154 g/mol. The molecule has 1 heterocycles. The van der Waals surface area contributed by atoms with Gasteiger partial charge in [0.1, 0.15) is 0 Å². The average molecular weight is 169 g/mol. The van der Waals surface area contributed by atoms with Crippen LogP contribution in [0.4, 0.5) is 0 Å². The SMILES string of the molecule is CCCNCc1nnc(CC)o1. The van der Waals surface area contributed by atoms with Crippen molar-refractivity contribution < 1.29 is 4.42 Å². The van der Waals surface area contributed by atoms with Gasteiger partial charge in [-0.05, 0) is 13.0 Å². The highest BCUT2D eigenvalue weighted by atomic mass is 16.4. The Balaban J connectivity index is 2.31. The summed E-state index contributed by atoms with van der Waals surface area (Å²) in [5.74, 6) is 1.39. The van der Waals surface area contributed by atoms with E-state index in [1.165, 1.54) is 0 Å². The Morgan fingerprint density at radius 1 is 1.25 bits per heavy atom. The molecule has 68 valence electrons. The Kier molecular flexibility index (Phi) is 3.73. The van der Waals surface area contributed by atoms with Crippen molar-refractivity contribution in [2.75, 3.05) is 6.54 Å². The molecule has 1 N–H and O–H groups in total. The van der Waals surface area contributed by atoms with Gasteiger partial charge < -0.3 is 9.73 Å². The van der Waals surface area contributed by atoms with Crippen LogP contribution in [0.15, 0.2) is 4.42 Å². The van der Waals surface area contributed by atoms with Crippen molar-refractivity contribution in [3.8, 4) is 0 Å². The third-order valence-electron chi connectivity index (χ3n) is 1.51. The van der Waals surface area contributed by atoms with Crippen molar-refractivity contribution in [1.82, 2.24) is 15.5 Å². The minimum atomic E-state index is 0.681. The summed E-state index contributed by atoms with van der Waals surface area (Å²) in [6, 6.07) is 0. The Bertz CT molecular complexity index is 222. The summed E-state index contributed by atoms with van der Waals surface area (Å²) in [6.07, 6.45) is 1.93. The lowest BCUT2D eigenvalue weighted by Gasteiger charge is -1.95. The molecule has 0 aliphatic carbocycles. The molecule has 0 aromatic carbocycles. The topological polar surface area (TPSA) is 51.0 Å². The number of nitrogens with one attached hydrogen (secondary N) is 1. The molecule has 1 aromatic heterocycles. The summed E-state index contributed by atoms with van der Waals surface area (Å²) in [4.78, 5) is 0. The third kappa shape index (κ3) is 2.62. The van der Waals surface area contributed by atoms with Crippen LogP contribution in [0.1, 0.15) is 32.0 Å². The summed E-state index contributed by atoms with van der Waals surface area (Å²) >= 11 is 0. The molecular formula is C8H15N3O. The van der Waals surface area contributed by atoms with E-state index >= 15 is 0 Å². The zero-order chi connectivity index (χ0) is 8.81. The van der Waals surface area contributed by atoms with E-state index < -0.39 is 0 Å². The van der Waals surface area contributed by atoms with Crippen LogP contribution in [-0.2, 0) is 13.0 Å². The molecule has 12 heavy (non-hydrogen) atoms. The van der Waals surface area contributed by atoms with Crippen molar-refractivity contribution in [1.29, 1.82) is 0 Å². The molecule has 0 aliphatic rings. The zero-order valence-electron chi connectivity index (χ0n) is 7.63. The molecule has 0 atom stereocenters. The molecule has 0 saturated heterocycles. The zero-order valence-corrected chi connectivity index (χ0v) is 7.63. The number of rotatable bonds is 5. The van der Waals surface area contributed by atoms with Crippen LogP contribution in [0.3, 0.4) is 0 Å². The van der Waals surface area contributed by atoms with Crippen LogP contribution in [0.25, 0.3) is 0 Å². The highest BCUT2D eigenvalue weighted by Crippen LogP contribution is 1.99. The van der Waals surface area contributed by atoms with Crippen molar-refractivity contribution >= 4 is 0 Å². The molecule has 0 radical (unpaired) electrons. The normalized spacial score (nSPS) is 10.5. The molecule has 1 rings (SSSR count). The molecule has 0 amide bonds. The molecule has 1 aromatic rings. The molecule has 0 bridgehead atoms. The fourth-order valence-corrected chi connectivity index (χ4v) is 0.875. The van der Waals surface area contributed by atoms with E-state index in [0.717, 1.165) is 19.4 Å². The Hall–Kier alpha value is -0.900. The summed E-state index contributed by atoms with van der Waals surface area (Å²) < 4.78 is 5.29. The second-order valence-corrected chi connectivity index (χ2v) is 2.62. The second kappa shape index (κ2) is 4.87. The smallest absolute Gasteiger partial charge is 0.230 e. The average Bonchev–Trinajstić information content (AvgIpc) is 2.53. The van der Waals surface area contributed by atoms with E-state index in [1.54, 1.807) is 0 Å². The number of aromatic nitrogens is 2. The lowest BCUT2D eigenvalue weighted by Crippen LogP contribution is -2.13. The van der Waals surface area contributed by atoms with E-state index in [1.807, 2.05) is 6.92 Å². The Morgan fingerprint density at radius 2 is 2.00 bits per heavy atom. The van der Waals surface area contributed by atoms with E-state index in [-0.39, 0.29) is 0 Å². The second-order valence-electron chi connectivity index (χ2n) is 2.62. The summed E-state index contributed by atoms with van der Waals surface area (Å²) in [7, 11) is 0. The summed E-state index contributed by atoms with van der Waals surface area (Å²) in [5.41, 5.74) is 0. The molecule has 0 unspecified atom stereocenters. The molecule has 4 nitrogen and oxygen atoms in total. The maximum Gasteiger partial charge on any atom is 0.230 e. The summed E-state index contributed by atoms with van der Waals surface area (Å²) in [5, 5.41) is 10.9. The Morgan fingerprint density at radius 3 is 2.58 bits per heavy atom. The van der Waals surface area contributed by atoms with E-state index in [4.69, 9.17) is 4.42 Å². The third-order valence-corrected chi connectivity index (χ3v) is 1.51. The van der Waals surface area contributed by atoms with E-state index in [2.05, 4.69) is 22.4 Å². The number of hydrogen-bond acceptors (Lipinski definition) is 4. The van der Waals surface area contributed by atoms with E-state index in [0.29, 0.717) is 18.3 Å². The summed E-state index contributed by atoms with van der Waals surface area (Å²) in [6.45, 7) is 5.79. The first-order valence-electron chi connectivity index (χ1n) is 4.38. The van der Waals surface area contributed by atoms with Crippen LogP contribution < -0.4 is 5.32 Å². The van der Waals surface area contributed by atoms with Gasteiger partial charge in [-0.15, -0.1) is 10.2 Å². The predicted octanol–water partition coefficient (Wildman–Crippen LogP) is 1.13. The van der Waals surface area contributed by atoms with Crippen LogP contribution in [0.2, 0.25) is 0 Å². The maximum atomic E-state index is 5.29. The lowest BCUT2D eigenvalue weighted by atomic mass is 10.5. The van der Waals surface area contributed by atoms with Crippen molar-refractivity contribution in [2.24, 2.45) is 0 Å². The van der Waals surface area contributed by atoms with Crippen molar-refractivity contribution in [3.05, 3.63) is 11.8 Å². The molecule has 0 aliphatic heterocycles. The van der Waals surface area contributed by atoms with Crippen molar-refractivity contribution in [2.45, 2.75) is 33.2 Å². The first-order valence-corrected chi connectivity index (χ1v) is 4.38. The van der Waals surface area contributed by atoms with Crippen molar-refractivity contribution in [3.63, 3.8) is 0 Å². The predicted molar refractivity (Wildman–Crippen MR) is 45.7 cm³/mol.